The largest absolute Gasteiger partial charge is 0.449 e. The van der Waals surface area contributed by atoms with Gasteiger partial charge in [-0.25, -0.2) is 4.79 Å². The lowest BCUT2D eigenvalue weighted by Crippen LogP contribution is -2.29. The first kappa shape index (κ1) is 16.5. The summed E-state index contributed by atoms with van der Waals surface area (Å²) < 4.78 is 5.09. The molecule has 1 unspecified atom stereocenters. The van der Waals surface area contributed by atoms with Crippen molar-refractivity contribution in [3.8, 4) is 0 Å². The Bertz CT molecular complexity index is 690. The molecule has 0 aliphatic rings. The Morgan fingerprint density at radius 2 is 1.70 bits per heavy atom. The molecule has 0 saturated carbocycles. The minimum Gasteiger partial charge on any atom is -0.449 e. The molecular weight excluding hydrogens is 290 g/mol. The molecule has 0 aliphatic heterocycles. The van der Waals surface area contributed by atoms with E-state index in [-0.39, 0.29) is 5.91 Å². The van der Waals surface area contributed by atoms with Gasteiger partial charge in [0.2, 0.25) is 0 Å². The Morgan fingerprint density at radius 1 is 1.04 bits per heavy atom. The van der Waals surface area contributed by atoms with E-state index in [4.69, 9.17) is 4.74 Å². The van der Waals surface area contributed by atoms with Gasteiger partial charge in [0.15, 0.2) is 6.10 Å². The topological polar surface area (TPSA) is 55.4 Å². The van der Waals surface area contributed by atoms with E-state index in [1.165, 1.54) is 13.0 Å². The number of rotatable bonds is 5. The molecule has 23 heavy (non-hydrogen) atoms. The molecule has 0 bridgehead atoms. The summed E-state index contributed by atoms with van der Waals surface area (Å²) in [6, 6.07) is 16.8. The van der Waals surface area contributed by atoms with Crippen LogP contribution in [0.15, 0.2) is 60.7 Å². The number of nitrogens with one attached hydrogen (secondary N) is 1. The Morgan fingerprint density at radius 3 is 2.35 bits per heavy atom. The van der Waals surface area contributed by atoms with Gasteiger partial charge in [-0.1, -0.05) is 48.0 Å². The van der Waals surface area contributed by atoms with Crippen LogP contribution >= 0.6 is 0 Å². The van der Waals surface area contributed by atoms with E-state index in [0.29, 0.717) is 5.69 Å². The molecule has 4 heteroatoms. The molecular formula is C19H19NO3. The number of amides is 1. The number of hydrogen-bond donors (Lipinski definition) is 1. The lowest BCUT2D eigenvalue weighted by atomic mass is 10.2. The summed E-state index contributed by atoms with van der Waals surface area (Å²) in [6.07, 6.45) is 2.09. The maximum absolute atomic E-state index is 12.0. The fourth-order valence-electron chi connectivity index (χ4n) is 1.88. The van der Waals surface area contributed by atoms with E-state index >= 15 is 0 Å². The summed E-state index contributed by atoms with van der Waals surface area (Å²) in [5.41, 5.74) is 2.66. The van der Waals surface area contributed by atoms with Crippen LogP contribution in [0.1, 0.15) is 18.1 Å². The molecule has 0 aliphatic carbocycles. The first-order valence-corrected chi connectivity index (χ1v) is 7.36. The highest BCUT2D eigenvalue weighted by molar-refractivity contribution is 5.96. The van der Waals surface area contributed by atoms with Gasteiger partial charge in [-0.15, -0.1) is 0 Å². The van der Waals surface area contributed by atoms with Crippen molar-refractivity contribution in [1.82, 2.24) is 0 Å². The van der Waals surface area contributed by atoms with Crippen LogP contribution in [0.5, 0.6) is 0 Å². The van der Waals surface area contributed by atoms with Crippen molar-refractivity contribution in [2.45, 2.75) is 20.0 Å². The fraction of sp³-hybridized carbons (Fsp3) is 0.158. The first-order valence-electron chi connectivity index (χ1n) is 7.36. The van der Waals surface area contributed by atoms with Gasteiger partial charge < -0.3 is 10.1 Å². The fourth-order valence-corrected chi connectivity index (χ4v) is 1.88. The molecule has 0 radical (unpaired) electrons. The summed E-state index contributed by atoms with van der Waals surface area (Å²) in [4.78, 5) is 23.7. The molecule has 1 atom stereocenters. The van der Waals surface area contributed by atoms with E-state index in [2.05, 4.69) is 5.32 Å². The maximum atomic E-state index is 12.0. The normalized spacial score (nSPS) is 11.9. The second kappa shape index (κ2) is 7.94. The standard InChI is InChI=1S/C19H19NO3/c1-14-8-11-17(12-9-14)20-19(22)15(2)23-18(21)13-10-16-6-4-3-5-7-16/h3-13,15H,1-2H3,(H,20,22). The molecule has 0 aromatic heterocycles. The number of benzene rings is 2. The minimum absolute atomic E-state index is 0.365. The molecule has 0 fully saturated rings. The van der Waals surface area contributed by atoms with Gasteiger partial charge in [0.1, 0.15) is 0 Å². The first-order chi connectivity index (χ1) is 11.0. The third kappa shape index (κ3) is 5.43. The molecule has 0 spiro atoms. The predicted octanol–water partition coefficient (Wildman–Crippen LogP) is 3.58. The number of esters is 1. The summed E-state index contributed by atoms with van der Waals surface area (Å²) in [7, 11) is 0. The van der Waals surface area contributed by atoms with Crippen molar-refractivity contribution < 1.29 is 14.3 Å². The molecule has 0 heterocycles. The third-order valence-electron chi connectivity index (χ3n) is 3.19. The number of anilines is 1. The van der Waals surface area contributed by atoms with Crippen molar-refractivity contribution in [3.63, 3.8) is 0 Å². The quantitative estimate of drug-likeness (QED) is 0.678. The van der Waals surface area contributed by atoms with Gasteiger partial charge in [0, 0.05) is 11.8 Å². The number of ether oxygens (including phenoxy) is 1. The number of carbonyl (C=O) groups excluding carboxylic acids is 2. The summed E-state index contributed by atoms with van der Waals surface area (Å²) in [6.45, 7) is 3.51. The smallest absolute Gasteiger partial charge is 0.331 e. The highest BCUT2D eigenvalue weighted by atomic mass is 16.5. The SMILES string of the molecule is Cc1ccc(NC(=O)C(C)OC(=O)C=Cc2ccccc2)cc1. The highest BCUT2D eigenvalue weighted by Gasteiger charge is 2.16. The zero-order valence-corrected chi connectivity index (χ0v) is 13.2. The molecule has 4 nitrogen and oxygen atoms in total. The number of aryl methyl sites for hydroxylation is 1. The van der Waals surface area contributed by atoms with E-state index in [0.717, 1.165) is 11.1 Å². The van der Waals surface area contributed by atoms with E-state index in [9.17, 15) is 9.59 Å². The van der Waals surface area contributed by atoms with Gasteiger partial charge in [-0.05, 0) is 37.6 Å². The van der Waals surface area contributed by atoms with Crippen LogP contribution in [-0.4, -0.2) is 18.0 Å². The average molecular weight is 309 g/mol. The molecule has 2 aromatic rings. The van der Waals surface area contributed by atoms with Gasteiger partial charge in [0.05, 0.1) is 0 Å². The lowest BCUT2D eigenvalue weighted by Gasteiger charge is -2.12. The maximum Gasteiger partial charge on any atom is 0.331 e. The van der Waals surface area contributed by atoms with E-state index in [1.807, 2.05) is 49.4 Å². The van der Waals surface area contributed by atoms with Crippen molar-refractivity contribution in [1.29, 1.82) is 0 Å². The van der Waals surface area contributed by atoms with Gasteiger partial charge >= 0.3 is 5.97 Å². The van der Waals surface area contributed by atoms with E-state index < -0.39 is 12.1 Å². The van der Waals surface area contributed by atoms with Gasteiger partial charge in [-0.2, -0.15) is 0 Å². The number of carbonyl (C=O) groups is 2. The number of hydrogen-bond acceptors (Lipinski definition) is 3. The Labute approximate surface area is 135 Å². The molecule has 2 aromatic carbocycles. The summed E-state index contributed by atoms with van der Waals surface area (Å²) in [5.74, 6) is -0.921. The second-order valence-corrected chi connectivity index (χ2v) is 5.18. The van der Waals surface area contributed by atoms with Crippen molar-refractivity contribution in [3.05, 3.63) is 71.8 Å². The van der Waals surface area contributed by atoms with Gasteiger partial charge in [0.25, 0.3) is 5.91 Å². The highest BCUT2D eigenvalue weighted by Crippen LogP contribution is 2.10. The monoisotopic (exact) mass is 309 g/mol. The molecule has 0 saturated heterocycles. The molecule has 1 amide bonds. The Balaban J connectivity index is 1.86. The zero-order valence-electron chi connectivity index (χ0n) is 13.2. The summed E-state index contributed by atoms with van der Waals surface area (Å²) in [5, 5.41) is 2.71. The molecule has 118 valence electrons. The van der Waals surface area contributed by atoms with Crippen LogP contribution in [-0.2, 0) is 14.3 Å². The predicted molar refractivity (Wildman–Crippen MR) is 90.8 cm³/mol. The van der Waals surface area contributed by atoms with Crippen molar-refractivity contribution in [2.75, 3.05) is 5.32 Å². The third-order valence-corrected chi connectivity index (χ3v) is 3.19. The van der Waals surface area contributed by atoms with Crippen molar-refractivity contribution in [2.24, 2.45) is 0 Å². The lowest BCUT2D eigenvalue weighted by molar-refractivity contribution is -0.148. The van der Waals surface area contributed by atoms with Crippen LogP contribution in [0, 0.1) is 6.92 Å². The zero-order chi connectivity index (χ0) is 16.7. The van der Waals surface area contributed by atoms with Crippen LogP contribution in [0.3, 0.4) is 0 Å². The minimum atomic E-state index is -0.871. The summed E-state index contributed by atoms with van der Waals surface area (Å²) >= 11 is 0. The Hall–Kier alpha value is -2.88. The van der Waals surface area contributed by atoms with Crippen molar-refractivity contribution >= 4 is 23.6 Å². The Kier molecular flexibility index (Phi) is 5.69. The second-order valence-electron chi connectivity index (χ2n) is 5.18. The van der Waals surface area contributed by atoms with Crippen LogP contribution in [0.2, 0.25) is 0 Å². The van der Waals surface area contributed by atoms with Crippen LogP contribution < -0.4 is 5.32 Å². The molecule has 2 rings (SSSR count). The van der Waals surface area contributed by atoms with Gasteiger partial charge in [-0.3, -0.25) is 4.79 Å². The van der Waals surface area contributed by atoms with Crippen LogP contribution in [0.4, 0.5) is 5.69 Å². The molecule has 1 N–H and O–H groups in total. The average Bonchev–Trinajstić information content (AvgIpc) is 2.56. The van der Waals surface area contributed by atoms with E-state index in [1.54, 1.807) is 18.2 Å². The van der Waals surface area contributed by atoms with Crippen LogP contribution in [0.25, 0.3) is 6.08 Å².